The van der Waals surface area contributed by atoms with E-state index >= 15 is 0 Å². The van der Waals surface area contributed by atoms with E-state index in [0.29, 0.717) is 12.8 Å². The number of cyclic esters (lactones) is 1. The Labute approximate surface area is 128 Å². The van der Waals surface area contributed by atoms with Gasteiger partial charge in [-0.05, 0) is 12.0 Å². The fourth-order valence-electron chi connectivity index (χ4n) is 2.45. The third-order valence-electron chi connectivity index (χ3n) is 3.26. The molecule has 4 nitrogen and oxygen atoms in total. The molecule has 0 aromatic carbocycles. The lowest BCUT2D eigenvalue weighted by Gasteiger charge is -2.28. The fourth-order valence-corrected chi connectivity index (χ4v) is 2.45. The lowest BCUT2D eigenvalue weighted by Crippen LogP contribution is -2.43. The third-order valence-corrected chi connectivity index (χ3v) is 3.26. The number of carbonyl (C=O) groups excluding carboxylic acids is 2. The van der Waals surface area contributed by atoms with E-state index in [1.165, 1.54) is 4.90 Å². The Hall–Kier alpha value is -1.84. The van der Waals surface area contributed by atoms with E-state index in [4.69, 9.17) is 4.74 Å². The summed E-state index contributed by atoms with van der Waals surface area (Å²) in [5.41, 5.74) is 0.243. The number of ether oxygens (including phenoxy) is 1. The van der Waals surface area contributed by atoms with Gasteiger partial charge >= 0.3 is 6.09 Å². The Morgan fingerprint density at radius 1 is 1.29 bits per heavy atom. The van der Waals surface area contributed by atoms with Crippen LogP contribution in [0.3, 0.4) is 0 Å². The quantitative estimate of drug-likeness (QED) is 0.583. The standard InChI is InChI=1S/C13H15NO3.2C2H6/c1-3-5-6-10(4-2)13-7-11(15)8-14(13)12(16)17-9-13;2*1-2/h3-4,6H,1-2,5,7-9H2;2*1-2H3/b10-6+;;/t13-;;/m1../s1. The van der Waals surface area contributed by atoms with Gasteiger partial charge in [-0.25, -0.2) is 4.79 Å². The van der Waals surface area contributed by atoms with Gasteiger partial charge in [0.15, 0.2) is 5.78 Å². The minimum absolute atomic E-state index is 0.0630. The number of hydrogen-bond donors (Lipinski definition) is 0. The summed E-state index contributed by atoms with van der Waals surface area (Å²) in [4.78, 5) is 24.6. The molecule has 4 heteroatoms. The molecule has 2 rings (SSSR count). The summed E-state index contributed by atoms with van der Waals surface area (Å²) in [6, 6.07) is 0. The van der Waals surface area contributed by atoms with Gasteiger partial charge in [0.2, 0.25) is 0 Å². The number of allylic oxidation sites excluding steroid dienone is 2. The lowest BCUT2D eigenvalue weighted by atomic mass is 9.87. The second-order valence-electron chi connectivity index (χ2n) is 4.28. The van der Waals surface area contributed by atoms with E-state index in [9.17, 15) is 9.59 Å². The molecule has 118 valence electrons. The summed E-state index contributed by atoms with van der Waals surface area (Å²) in [7, 11) is 0. The van der Waals surface area contributed by atoms with Crippen molar-refractivity contribution in [1.82, 2.24) is 4.90 Å². The van der Waals surface area contributed by atoms with Crippen molar-refractivity contribution in [2.24, 2.45) is 0 Å². The summed E-state index contributed by atoms with van der Waals surface area (Å²) in [5.74, 6) is 0.0630. The molecule has 0 saturated carbocycles. The van der Waals surface area contributed by atoms with Crippen molar-refractivity contribution in [2.75, 3.05) is 13.2 Å². The number of nitrogens with zero attached hydrogens (tertiary/aromatic N) is 1. The van der Waals surface area contributed by atoms with Crippen LogP contribution in [-0.4, -0.2) is 35.5 Å². The summed E-state index contributed by atoms with van der Waals surface area (Å²) < 4.78 is 5.05. The van der Waals surface area contributed by atoms with Crippen molar-refractivity contribution in [3.63, 3.8) is 0 Å². The highest BCUT2D eigenvalue weighted by Crippen LogP contribution is 2.39. The maximum atomic E-state index is 11.6. The van der Waals surface area contributed by atoms with E-state index in [0.717, 1.165) is 5.57 Å². The second-order valence-corrected chi connectivity index (χ2v) is 4.28. The zero-order valence-electron chi connectivity index (χ0n) is 13.6. The number of hydrogen-bond acceptors (Lipinski definition) is 3. The molecule has 21 heavy (non-hydrogen) atoms. The maximum absolute atomic E-state index is 11.6. The molecule has 0 radical (unpaired) electrons. The van der Waals surface area contributed by atoms with Crippen LogP contribution >= 0.6 is 0 Å². The van der Waals surface area contributed by atoms with Crippen molar-refractivity contribution < 1.29 is 14.3 Å². The van der Waals surface area contributed by atoms with Crippen LogP contribution in [0.2, 0.25) is 0 Å². The molecule has 1 amide bonds. The SMILES string of the molecule is C=CC/C=C(\C=C)[C@@]12COC(=O)N1CC(=O)C2.CC.CC. The number of carbonyl (C=O) groups is 2. The van der Waals surface area contributed by atoms with Gasteiger partial charge in [-0.2, -0.15) is 0 Å². The summed E-state index contributed by atoms with van der Waals surface area (Å²) in [5, 5.41) is 0. The molecule has 1 atom stereocenters. The number of fused-ring (bicyclic) bond motifs is 1. The van der Waals surface area contributed by atoms with E-state index in [-0.39, 0.29) is 18.9 Å². The van der Waals surface area contributed by atoms with Crippen LogP contribution in [0.5, 0.6) is 0 Å². The van der Waals surface area contributed by atoms with Crippen LogP contribution in [0.15, 0.2) is 37.0 Å². The highest BCUT2D eigenvalue weighted by molar-refractivity contribution is 5.92. The predicted octanol–water partition coefficient (Wildman–Crippen LogP) is 3.89. The van der Waals surface area contributed by atoms with Crippen LogP contribution in [0.4, 0.5) is 4.79 Å². The van der Waals surface area contributed by atoms with Gasteiger partial charge in [-0.3, -0.25) is 9.69 Å². The molecule has 2 aliphatic heterocycles. The van der Waals surface area contributed by atoms with E-state index in [1.807, 2.05) is 33.8 Å². The van der Waals surface area contributed by atoms with Gasteiger partial charge in [0, 0.05) is 6.42 Å². The van der Waals surface area contributed by atoms with Crippen LogP contribution < -0.4 is 0 Å². The molecule has 2 saturated heterocycles. The average Bonchev–Trinajstić information content (AvgIpc) is 3.01. The van der Waals surface area contributed by atoms with E-state index in [2.05, 4.69) is 13.2 Å². The lowest BCUT2D eigenvalue weighted by molar-refractivity contribution is -0.117. The Morgan fingerprint density at radius 3 is 2.43 bits per heavy atom. The second kappa shape index (κ2) is 9.16. The Bertz CT molecular complexity index is 426. The molecule has 0 spiro atoms. The van der Waals surface area contributed by atoms with Crippen LogP contribution in [0.25, 0.3) is 0 Å². The molecule has 0 bridgehead atoms. The summed E-state index contributed by atoms with van der Waals surface area (Å²) in [6.07, 6.45) is 5.97. The Balaban J connectivity index is 0.000000921. The first-order chi connectivity index (χ1) is 10.1. The molecule has 0 N–H and O–H groups in total. The number of rotatable bonds is 4. The number of Topliss-reactive ketones (excluding diaryl/α,β-unsaturated/α-hetero) is 1. The summed E-state index contributed by atoms with van der Waals surface area (Å²) >= 11 is 0. The molecular formula is C17H27NO3. The van der Waals surface area contributed by atoms with Crippen molar-refractivity contribution in [2.45, 2.75) is 46.1 Å². The van der Waals surface area contributed by atoms with Crippen molar-refractivity contribution in [1.29, 1.82) is 0 Å². The van der Waals surface area contributed by atoms with Gasteiger partial charge in [-0.1, -0.05) is 52.5 Å². The van der Waals surface area contributed by atoms with Gasteiger partial charge in [-0.15, -0.1) is 6.58 Å². The Morgan fingerprint density at radius 2 is 1.90 bits per heavy atom. The topological polar surface area (TPSA) is 46.6 Å². The molecular weight excluding hydrogens is 266 g/mol. The number of ketones is 1. The van der Waals surface area contributed by atoms with Gasteiger partial charge in [0.25, 0.3) is 0 Å². The van der Waals surface area contributed by atoms with Gasteiger partial charge < -0.3 is 4.74 Å². The normalized spacial score (nSPS) is 23.2. The van der Waals surface area contributed by atoms with Crippen LogP contribution in [0, 0.1) is 0 Å². The van der Waals surface area contributed by atoms with Gasteiger partial charge in [0.1, 0.15) is 12.1 Å². The molecule has 0 unspecified atom stereocenters. The highest BCUT2D eigenvalue weighted by Gasteiger charge is 2.55. The average molecular weight is 293 g/mol. The van der Waals surface area contributed by atoms with Crippen LogP contribution in [-0.2, 0) is 9.53 Å². The van der Waals surface area contributed by atoms with E-state index < -0.39 is 11.6 Å². The molecule has 2 aliphatic rings. The smallest absolute Gasteiger partial charge is 0.411 e. The monoisotopic (exact) mass is 293 g/mol. The van der Waals surface area contributed by atoms with Crippen LogP contribution in [0.1, 0.15) is 40.5 Å². The molecule has 0 aliphatic carbocycles. The fraction of sp³-hybridized carbons (Fsp3) is 0.529. The predicted molar refractivity (Wildman–Crippen MR) is 86.2 cm³/mol. The molecule has 2 heterocycles. The number of amides is 1. The molecule has 0 aromatic rings. The maximum Gasteiger partial charge on any atom is 0.411 e. The first kappa shape index (κ1) is 19.2. The van der Waals surface area contributed by atoms with Crippen molar-refractivity contribution in [3.8, 4) is 0 Å². The van der Waals surface area contributed by atoms with Crippen molar-refractivity contribution >= 4 is 11.9 Å². The minimum atomic E-state index is -0.626. The van der Waals surface area contributed by atoms with Gasteiger partial charge in [0.05, 0.1) is 6.54 Å². The summed E-state index contributed by atoms with van der Waals surface area (Å²) in [6.45, 7) is 15.8. The zero-order chi connectivity index (χ0) is 16.5. The van der Waals surface area contributed by atoms with Crippen molar-refractivity contribution in [3.05, 3.63) is 37.0 Å². The highest BCUT2D eigenvalue weighted by atomic mass is 16.6. The first-order valence-corrected chi connectivity index (χ1v) is 7.54. The largest absolute Gasteiger partial charge is 0.446 e. The first-order valence-electron chi connectivity index (χ1n) is 7.54. The molecule has 2 fully saturated rings. The van der Waals surface area contributed by atoms with E-state index in [1.54, 1.807) is 12.2 Å². The minimum Gasteiger partial charge on any atom is -0.446 e. The molecule has 0 aromatic heterocycles. The third kappa shape index (κ3) is 3.84. The zero-order valence-corrected chi connectivity index (χ0v) is 13.6. The Kier molecular flexibility index (Phi) is 8.36.